The van der Waals surface area contributed by atoms with Crippen LogP contribution in [0.4, 0.5) is 11.6 Å². The molecule has 212 valence electrons. The molecule has 12 heteroatoms. The maximum absolute atomic E-state index is 10.1. The van der Waals surface area contributed by atoms with Crippen molar-refractivity contribution in [2.75, 3.05) is 68.2 Å². The molecule has 0 aromatic carbocycles. The molecule has 7 N–H and O–H groups in total. The highest BCUT2D eigenvalue weighted by Gasteiger charge is 2.32. The lowest BCUT2D eigenvalue weighted by atomic mass is 10.1. The van der Waals surface area contributed by atoms with E-state index in [-0.39, 0.29) is 12.2 Å². The first kappa shape index (κ1) is 29.8. The maximum Gasteiger partial charge on any atom is 0.130 e. The van der Waals surface area contributed by atoms with Crippen LogP contribution < -0.4 is 16.8 Å². The summed E-state index contributed by atoms with van der Waals surface area (Å²) in [6.45, 7) is 4.31. The zero-order valence-electron chi connectivity index (χ0n) is 22.7. The van der Waals surface area contributed by atoms with E-state index in [4.69, 9.17) is 11.5 Å². The minimum absolute atomic E-state index is 0.0996. The van der Waals surface area contributed by atoms with Gasteiger partial charge in [-0.2, -0.15) is 23.5 Å². The van der Waals surface area contributed by atoms with Gasteiger partial charge in [0, 0.05) is 55.7 Å². The molecular weight excluding hydrogens is 532 g/mol. The Balaban J connectivity index is 0.000000154. The average Bonchev–Trinajstić information content (AvgIpc) is 3.71. The number of aliphatic hydroxyl groups is 2. The van der Waals surface area contributed by atoms with Crippen molar-refractivity contribution < 1.29 is 10.2 Å². The normalized spacial score (nSPS) is 24.9. The summed E-state index contributed by atoms with van der Waals surface area (Å²) in [4.78, 5) is 18.6. The van der Waals surface area contributed by atoms with E-state index in [2.05, 4.69) is 48.7 Å². The van der Waals surface area contributed by atoms with Crippen molar-refractivity contribution in [3.05, 3.63) is 47.3 Å². The van der Waals surface area contributed by atoms with E-state index in [1.807, 2.05) is 12.2 Å². The van der Waals surface area contributed by atoms with Gasteiger partial charge in [-0.3, -0.25) is 4.90 Å². The number of thioether (sulfide) groups is 2. The van der Waals surface area contributed by atoms with Gasteiger partial charge in [0.05, 0.1) is 23.6 Å². The monoisotopic (exact) mass is 572 g/mol. The average molecular weight is 573 g/mol. The van der Waals surface area contributed by atoms with Gasteiger partial charge in [0.15, 0.2) is 0 Å². The van der Waals surface area contributed by atoms with Gasteiger partial charge in [-0.1, -0.05) is 12.2 Å². The zero-order valence-corrected chi connectivity index (χ0v) is 24.3. The number of β-amino-alcohol motifs (C(OH)–C–C–N with tert-alkyl or cyclic N) is 2. The summed E-state index contributed by atoms with van der Waals surface area (Å²) in [6, 6.07) is 0. The number of nitrogens with two attached hydrogens (primary N) is 2. The highest BCUT2D eigenvalue weighted by Crippen LogP contribution is 2.30. The maximum atomic E-state index is 10.1. The molecule has 4 atom stereocenters. The summed E-state index contributed by atoms with van der Waals surface area (Å²) in [7, 11) is 0. The molecule has 0 bridgehead atoms. The van der Waals surface area contributed by atoms with Crippen LogP contribution in [0.2, 0.25) is 0 Å². The van der Waals surface area contributed by atoms with Crippen LogP contribution in [-0.2, 0) is 12.8 Å². The zero-order chi connectivity index (χ0) is 27.8. The first-order chi connectivity index (χ1) is 18.9. The number of likely N-dealkylation sites (tertiary alicyclic amines) is 1. The Hall–Kier alpha value is -2.22. The number of anilines is 2. The number of nitrogens with zero attached hydrogens (tertiary/aromatic N) is 5. The molecule has 2 saturated heterocycles. The third-order valence-corrected chi connectivity index (χ3v) is 8.91. The smallest absolute Gasteiger partial charge is 0.130 e. The third kappa shape index (κ3) is 7.71. The molecule has 0 unspecified atom stereocenters. The predicted molar refractivity (Wildman–Crippen MR) is 162 cm³/mol. The Morgan fingerprint density at radius 3 is 2.31 bits per heavy atom. The molecule has 39 heavy (non-hydrogen) atoms. The van der Waals surface area contributed by atoms with E-state index in [1.54, 1.807) is 23.5 Å². The Morgan fingerprint density at radius 1 is 0.897 bits per heavy atom. The second kappa shape index (κ2) is 14.4. The molecule has 2 fully saturated rings. The van der Waals surface area contributed by atoms with E-state index < -0.39 is 0 Å². The fourth-order valence-electron chi connectivity index (χ4n) is 5.24. The van der Waals surface area contributed by atoms with E-state index in [0.717, 1.165) is 79.6 Å². The minimum Gasteiger partial charge on any atom is -0.391 e. The molecule has 0 radical (unpaired) electrons. The van der Waals surface area contributed by atoms with Crippen LogP contribution in [0.15, 0.2) is 24.8 Å². The second-order valence-corrected chi connectivity index (χ2v) is 12.0. The SMILES string of the molecule is CSC[C@H]1CN(CC2=CCc3c(N)ncnc32)C[C@@H]1O.CSC[C@H]1CNC[C@@H]1O.Nc1ncnc2c1CC=C2. The molecule has 0 saturated carbocycles. The van der Waals surface area contributed by atoms with Gasteiger partial charge >= 0.3 is 0 Å². The number of aromatic nitrogens is 4. The number of allylic oxidation sites excluding steroid dienone is 2. The standard InChI is InChI=1S/C14H20N4OS.C7H7N3.C6H13NOS/c1-20-7-10-5-18(6-12(10)19)4-9-2-3-11-13(9)16-8-17-14(11)15;8-7-5-2-1-3-6(5)9-4-10-7;1-9-4-5-2-7-3-6(5)8/h2,8,10,12,19H,3-7H2,1H3,(H2,15,16,17);1,3-4H,2H2,(H2,8,9,10);5-8H,2-4H2,1H3/t10-,12+;;5-,6+/m1.1/s1. The Kier molecular flexibility index (Phi) is 11.0. The van der Waals surface area contributed by atoms with Crippen LogP contribution in [0, 0.1) is 11.8 Å². The first-order valence-corrected chi connectivity index (χ1v) is 16.0. The van der Waals surface area contributed by atoms with Gasteiger partial charge in [-0.25, -0.2) is 19.9 Å². The van der Waals surface area contributed by atoms with Crippen molar-refractivity contribution in [3.63, 3.8) is 0 Å². The van der Waals surface area contributed by atoms with Crippen LogP contribution in [0.1, 0.15) is 22.5 Å². The van der Waals surface area contributed by atoms with Crippen molar-refractivity contribution in [2.24, 2.45) is 11.8 Å². The van der Waals surface area contributed by atoms with Crippen molar-refractivity contribution in [1.82, 2.24) is 30.2 Å². The summed E-state index contributed by atoms with van der Waals surface area (Å²) < 4.78 is 0. The van der Waals surface area contributed by atoms with Gasteiger partial charge in [0.1, 0.15) is 24.3 Å². The summed E-state index contributed by atoms with van der Waals surface area (Å²) in [6.07, 6.45) is 14.8. The highest BCUT2D eigenvalue weighted by molar-refractivity contribution is 7.98. The van der Waals surface area contributed by atoms with Crippen molar-refractivity contribution >= 4 is 46.8 Å². The molecule has 0 spiro atoms. The van der Waals surface area contributed by atoms with Crippen molar-refractivity contribution in [2.45, 2.75) is 25.0 Å². The topological polar surface area (TPSA) is 159 Å². The van der Waals surface area contributed by atoms with Gasteiger partial charge in [0.2, 0.25) is 0 Å². The van der Waals surface area contributed by atoms with E-state index >= 15 is 0 Å². The van der Waals surface area contributed by atoms with Gasteiger partial charge in [0.25, 0.3) is 0 Å². The number of hydrogen-bond acceptors (Lipinski definition) is 12. The van der Waals surface area contributed by atoms with Crippen LogP contribution >= 0.6 is 23.5 Å². The van der Waals surface area contributed by atoms with E-state index in [9.17, 15) is 10.2 Å². The number of hydrogen-bond donors (Lipinski definition) is 5. The largest absolute Gasteiger partial charge is 0.391 e. The quantitative estimate of drug-likeness (QED) is 0.337. The molecule has 2 aromatic heterocycles. The molecular formula is C27H40N8O2S2. The number of nitrogen functional groups attached to an aromatic ring is 2. The van der Waals surface area contributed by atoms with Gasteiger partial charge in [-0.15, -0.1) is 0 Å². The van der Waals surface area contributed by atoms with Crippen LogP contribution in [0.3, 0.4) is 0 Å². The van der Waals surface area contributed by atoms with E-state index in [1.165, 1.54) is 18.2 Å². The Labute approximate surface area is 239 Å². The fraction of sp³-hybridized carbons (Fsp3) is 0.556. The van der Waals surface area contributed by atoms with Gasteiger partial charge < -0.3 is 27.0 Å². The lowest BCUT2D eigenvalue weighted by Gasteiger charge is -2.16. The van der Waals surface area contributed by atoms with Crippen molar-refractivity contribution in [3.8, 4) is 0 Å². The number of rotatable bonds is 6. The Morgan fingerprint density at radius 2 is 1.62 bits per heavy atom. The third-order valence-electron chi connectivity index (χ3n) is 7.39. The van der Waals surface area contributed by atoms with Gasteiger partial charge in [-0.05, 0) is 48.5 Å². The molecule has 6 rings (SSSR count). The number of nitrogens with one attached hydrogen (secondary N) is 1. The predicted octanol–water partition coefficient (Wildman–Crippen LogP) is 1.21. The number of aliphatic hydroxyl groups excluding tert-OH is 2. The lowest BCUT2D eigenvalue weighted by Crippen LogP contribution is -2.24. The lowest BCUT2D eigenvalue weighted by molar-refractivity contribution is 0.151. The molecule has 2 aliphatic heterocycles. The molecule has 4 heterocycles. The molecule has 10 nitrogen and oxygen atoms in total. The van der Waals surface area contributed by atoms with Crippen molar-refractivity contribution in [1.29, 1.82) is 0 Å². The molecule has 4 aliphatic rings. The van der Waals surface area contributed by atoms with Crippen LogP contribution in [0.5, 0.6) is 0 Å². The minimum atomic E-state index is -0.209. The molecule has 0 amide bonds. The first-order valence-electron chi connectivity index (χ1n) is 13.2. The Bertz CT molecular complexity index is 1160. The summed E-state index contributed by atoms with van der Waals surface area (Å²) >= 11 is 3.60. The second-order valence-electron chi connectivity index (χ2n) is 10.2. The number of fused-ring (bicyclic) bond motifs is 2. The van der Waals surface area contributed by atoms with Crippen LogP contribution in [-0.4, -0.2) is 104 Å². The van der Waals surface area contributed by atoms with Crippen LogP contribution in [0.25, 0.3) is 11.6 Å². The fourth-order valence-corrected chi connectivity index (χ4v) is 6.76. The molecule has 2 aliphatic carbocycles. The summed E-state index contributed by atoms with van der Waals surface area (Å²) in [5.74, 6) is 4.15. The molecule has 2 aromatic rings. The summed E-state index contributed by atoms with van der Waals surface area (Å²) in [5, 5.41) is 22.5. The van der Waals surface area contributed by atoms with E-state index in [0.29, 0.717) is 23.5 Å². The summed E-state index contributed by atoms with van der Waals surface area (Å²) in [5.41, 5.74) is 16.7. The highest BCUT2D eigenvalue weighted by atomic mass is 32.2.